The SMILES string of the molecule is C=C(NC(=O)C(O)C(C)(C)CO)C(=O)O. The molecular formula is C9H15NO5. The van der Waals surface area contributed by atoms with E-state index in [0.717, 1.165) is 0 Å². The molecule has 0 aliphatic rings. The summed E-state index contributed by atoms with van der Waals surface area (Å²) < 4.78 is 0. The van der Waals surface area contributed by atoms with Crippen molar-refractivity contribution in [2.75, 3.05) is 6.61 Å². The summed E-state index contributed by atoms with van der Waals surface area (Å²) in [4.78, 5) is 21.6. The fourth-order valence-electron chi connectivity index (χ4n) is 0.712. The zero-order valence-corrected chi connectivity index (χ0v) is 8.65. The number of rotatable bonds is 5. The van der Waals surface area contributed by atoms with Crippen LogP contribution in [0.4, 0.5) is 0 Å². The molecule has 0 aromatic carbocycles. The zero-order valence-electron chi connectivity index (χ0n) is 8.65. The first-order valence-corrected chi connectivity index (χ1v) is 4.24. The predicted molar refractivity (Wildman–Crippen MR) is 51.8 cm³/mol. The molecule has 1 amide bonds. The number of carbonyl (C=O) groups excluding carboxylic acids is 1. The molecule has 0 saturated heterocycles. The molecule has 6 heteroatoms. The number of carboxylic acid groups (broad SMARTS) is 1. The Bertz CT molecular complexity index is 284. The number of hydrogen-bond acceptors (Lipinski definition) is 4. The number of aliphatic hydroxyl groups excluding tert-OH is 2. The normalized spacial score (nSPS) is 13.1. The maximum atomic E-state index is 11.3. The van der Waals surface area contributed by atoms with Crippen LogP contribution in [0.15, 0.2) is 12.3 Å². The molecule has 0 aromatic heterocycles. The maximum absolute atomic E-state index is 11.3. The van der Waals surface area contributed by atoms with E-state index < -0.39 is 35.7 Å². The van der Waals surface area contributed by atoms with Gasteiger partial charge in [-0.3, -0.25) is 4.79 Å². The number of nitrogens with one attached hydrogen (secondary N) is 1. The van der Waals surface area contributed by atoms with Crippen molar-refractivity contribution in [3.63, 3.8) is 0 Å². The fraction of sp³-hybridized carbons (Fsp3) is 0.556. The summed E-state index contributed by atoms with van der Waals surface area (Å²) in [7, 11) is 0. The molecule has 6 nitrogen and oxygen atoms in total. The second-order valence-electron chi connectivity index (χ2n) is 3.82. The van der Waals surface area contributed by atoms with Gasteiger partial charge in [-0.25, -0.2) is 4.79 Å². The number of carbonyl (C=O) groups is 2. The van der Waals surface area contributed by atoms with Crippen LogP contribution >= 0.6 is 0 Å². The molecule has 0 saturated carbocycles. The lowest BCUT2D eigenvalue weighted by Crippen LogP contribution is -2.45. The van der Waals surface area contributed by atoms with Crippen LogP contribution in [0.3, 0.4) is 0 Å². The third kappa shape index (κ3) is 3.69. The van der Waals surface area contributed by atoms with Gasteiger partial charge in [-0.05, 0) is 0 Å². The van der Waals surface area contributed by atoms with Gasteiger partial charge in [-0.2, -0.15) is 0 Å². The summed E-state index contributed by atoms with van der Waals surface area (Å²) in [5.41, 5.74) is -1.56. The molecule has 0 heterocycles. The first kappa shape index (κ1) is 13.6. The molecule has 0 radical (unpaired) electrons. The van der Waals surface area contributed by atoms with Crippen LogP contribution in [0.5, 0.6) is 0 Å². The number of hydrogen-bond donors (Lipinski definition) is 4. The van der Waals surface area contributed by atoms with Crippen LogP contribution in [0.1, 0.15) is 13.8 Å². The van der Waals surface area contributed by atoms with E-state index in [9.17, 15) is 14.7 Å². The third-order valence-corrected chi connectivity index (χ3v) is 1.93. The van der Waals surface area contributed by atoms with Crippen LogP contribution in [-0.2, 0) is 9.59 Å². The summed E-state index contributed by atoms with van der Waals surface area (Å²) >= 11 is 0. The van der Waals surface area contributed by atoms with Gasteiger partial charge < -0.3 is 20.6 Å². The molecule has 0 spiro atoms. The Hall–Kier alpha value is -1.40. The second kappa shape index (κ2) is 4.90. The highest BCUT2D eigenvalue weighted by Gasteiger charge is 2.33. The topological polar surface area (TPSA) is 107 Å². The summed E-state index contributed by atoms with van der Waals surface area (Å²) in [5, 5.41) is 28.7. The first-order valence-electron chi connectivity index (χ1n) is 4.24. The molecule has 0 rings (SSSR count). The number of aliphatic hydroxyl groups is 2. The summed E-state index contributed by atoms with van der Waals surface area (Å²) in [6, 6.07) is 0. The Kier molecular flexibility index (Phi) is 4.44. The standard InChI is InChI=1S/C9H15NO5/c1-5(8(14)15)10-7(13)6(12)9(2,3)4-11/h6,11-12H,1,4H2,2-3H3,(H,10,13)(H,14,15). The number of aliphatic carboxylic acids is 1. The van der Waals surface area contributed by atoms with Gasteiger partial charge >= 0.3 is 5.97 Å². The average Bonchev–Trinajstić information content (AvgIpc) is 2.16. The molecule has 4 N–H and O–H groups in total. The average molecular weight is 217 g/mol. The molecule has 0 bridgehead atoms. The van der Waals surface area contributed by atoms with Gasteiger partial charge in [-0.1, -0.05) is 20.4 Å². The van der Waals surface area contributed by atoms with Crippen molar-refractivity contribution in [1.29, 1.82) is 0 Å². The van der Waals surface area contributed by atoms with Crippen LogP contribution in [-0.4, -0.2) is 39.9 Å². The van der Waals surface area contributed by atoms with Gasteiger partial charge in [0.15, 0.2) is 0 Å². The first-order chi connectivity index (χ1) is 6.72. The van der Waals surface area contributed by atoms with E-state index in [1.54, 1.807) is 0 Å². The molecule has 0 aromatic rings. The van der Waals surface area contributed by atoms with Crippen molar-refractivity contribution < 1.29 is 24.9 Å². The maximum Gasteiger partial charge on any atom is 0.351 e. The van der Waals surface area contributed by atoms with Crippen molar-refractivity contribution in [2.24, 2.45) is 5.41 Å². The Morgan fingerprint density at radius 2 is 1.93 bits per heavy atom. The fourth-order valence-corrected chi connectivity index (χ4v) is 0.712. The largest absolute Gasteiger partial charge is 0.477 e. The third-order valence-electron chi connectivity index (χ3n) is 1.93. The molecule has 1 unspecified atom stereocenters. The van der Waals surface area contributed by atoms with Gasteiger partial charge in [0, 0.05) is 5.41 Å². The van der Waals surface area contributed by atoms with Gasteiger partial charge in [0.05, 0.1) is 6.61 Å². The van der Waals surface area contributed by atoms with Gasteiger partial charge in [-0.15, -0.1) is 0 Å². The minimum atomic E-state index is -1.50. The van der Waals surface area contributed by atoms with Gasteiger partial charge in [0.1, 0.15) is 11.8 Å². The van der Waals surface area contributed by atoms with E-state index in [0.29, 0.717) is 0 Å². The molecule has 0 aliphatic heterocycles. The molecule has 0 fully saturated rings. The van der Waals surface area contributed by atoms with E-state index in [4.69, 9.17) is 10.2 Å². The minimum Gasteiger partial charge on any atom is -0.477 e. The zero-order chi connectivity index (χ0) is 12.2. The van der Waals surface area contributed by atoms with Crippen molar-refractivity contribution >= 4 is 11.9 Å². The van der Waals surface area contributed by atoms with E-state index in [2.05, 4.69) is 6.58 Å². The van der Waals surface area contributed by atoms with Crippen LogP contribution < -0.4 is 5.32 Å². The Balaban J connectivity index is 4.47. The molecule has 86 valence electrons. The Morgan fingerprint density at radius 1 is 1.47 bits per heavy atom. The minimum absolute atomic E-state index is 0.402. The number of carboxylic acids is 1. The Morgan fingerprint density at radius 3 is 2.27 bits per heavy atom. The van der Waals surface area contributed by atoms with Crippen molar-refractivity contribution in [3.8, 4) is 0 Å². The van der Waals surface area contributed by atoms with E-state index in [1.807, 2.05) is 5.32 Å². The highest BCUT2D eigenvalue weighted by Crippen LogP contribution is 2.19. The molecule has 1 atom stereocenters. The lowest BCUT2D eigenvalue weighted by molar-refractivity contribution is -0.140. The summed E-state index contributed by atoms with van der Waals surface area (Å²) in [6.45, 7) is 5.62. The van der Waals surface area contributed by atoms with Gasteiger partial charge in [0.2, 0.25) is 0 Å². The quantitative estimate of drug-likeness (QED) is 0.445. The lowest BCUT2D eigenvalue weighted by atomic mass is 9.87. The summed E-state index contributed by atoms with van der Waals surface area (Å²) in [6.07, 6.45) is -1.50. The van der Waals surface area contributed by atoms with E-state index >= 15 is 0 Å². The second-order valence-corrected chi connectivity index (χ2v) is 3.82. The Labute approximate surface area is 87.2 Å². The van der Waals surface area contributed by atoms with Gasteiger partial charge in [0.25, 0.3) is 5.91 Å². The molecule has 0 aliphatic carbocycles. The van der Waals surface area contributed by atoms with Crippen LogP contribution in [0, 0.1) is 5.41 Å². The van der Waals surface area contributed by atoms with Crippen LogP contribution in [0.2, 0.25) is 0 Å². The highest BCUT2D eigenvalue weighted by molar-refractivity contribution is 5.93. The smallest absolute Gasteiger partial charge is 0.351 e. The number of amides is 1. The predicted octanol–water partition coefficient (Wildman–Crippen LogP) is -0.920. The monoisotopic (exact) mass is 217 g/mol. The summed E-state index contributed by atoms with van der Waals surface area (Å²) in [5.74, 6) is -2.28. The van der Waals surface area contributed by atoms with Crippen molar-refractivity contribution in [2.45, 2.75) is 20.0 Å². The van der Waals surface area contributed by atoms with Crippen molar-refractivity contribution in [1.82, 2.24) is 5.32 Å². The van der Waals surface area contributed by atoms with Crippen molar-refractivity contribution in [3.05, 3.63) is 12.3 Å². The molecule has 15 heavy (non-hydrogen) atoms. The van der Waals surface area contributed by atoms with E-state index in [1.165, 1.54) is 13.8 Å². The van der Waals surface area contributed by atoms with E-state index in [-0.39, 0.29) is 0 Å². The molecular weight excluding hydrogens is 202 g/mol. The van der Waals surface area contributed by atoms with Crippen LogP contribution in [0.25, 0.3) is 0 Å². The lowest BCUT2D eigenvalue weighted by Gasteiger charge is -2.26. The highest BCUT2D eigenvalue weighted by atomic mass is 16.4.